The second kappa shape index (κ2) is 7.28. The molecule has 0 aliphatic rings. The minimum Gasteiger partial charge on any atom is -0.228 e. The zero-order valence-corrected chi connectivity index (χ0v) is 15.2. The maximum Gasteiger partial charge on any atom is 0.160 e. The van der Waals surface area contributed by atoms with Gasteiger partial charge in [-0.1, -0.05) is 83.9 Å². The molecule has 0 aliphatic heterocycles. The first-order valence-corrected chi connectivity index (χ1v) is 8.92. The summed E-state index contributed by atoms with van der Waals surface area (Å²) in [4.78, 5) is 9.51. The Bertz CT molecular complexity index is 990. The van der Waals surface area contributed by atoms with E-state index in [1.807, 2.05) is 72.8 Å². The van der Waals surface area contributed by atoms with Crippen LogP contribution in [0, 0.1) is 0 Å². The van der Waals surface area contributed by atoms with Crippen molar-refractivity contribution < 1.29 is 0 Å². The minimum atomic E-state index is 0.603. The molecule has 1 aromatic heterocycles. The van der Waals surface area contributed by atoms with Crippen molar-refractivity contribution in [2.45, 2.75) is 0 Å². The highest BCUT2D eigenvalue weighted by Gasteiger charge is 2.12. The Morgan fingerprint density at radius 2 is 1.19 bits per heavy atom. The molecule has 4 heteroatoms. The lowest BCUT2D eigenvalue weighted by Gasteiger charge is -2.10. The second-order valence-corrected chi connectivity index (χ2v) is 6.66. The van der Waals surface area contributed by atoms with E-state index < -0.39 is 0 Å². The van der Waals surface area contributed by atoms with Crippen LogP contribution in [0.4, 0.5) is 0 Å². The van der Waals surface area contributed by atoms with E-state index in [1.165, 1.54) is 0 Å². The van der Waals surface area contributed by atoms with Crippen molar-refractivity contribution in [3.8, 4) is 33.9 Å². The van der Waals surface area contributed by atoms with E-state index in [0.29, 0.717) is 15.9 Å². The Balaban J connectivity index is 1.95. The van der Waals surface area contributed by atoms with Crippen LogP contribution in [0.5, 0.6) is 0 Å². The van der Waals surface area contributed by atoms with Gasteiger partial charge in [0.15, 0.2) is 5.82 Å². The van der Waals surface area contributed by atoms with E-state index in [4.69, 9.17) is 33.2 Å². The molecule has 2 nitrogen and oxygen atoms in total. The molecule has 0 amide bonds. The number of halogens is 2. The van der Waals surface area contributed by atoms with E-state index in [2.05, 4.69) is 0 Å². The predicted octanol–water partition coefficient (Wildman–Crippen LogP) is 6.78. The average molecular weight is 377 g/mol. The summed E-state index contributed by atoms with van der Waals surface area (Å²) in [5.41, 5.74) is 4.34. The van der Waals surface area contributed by atoms with Gasteiger partial charge in [0.25, 0.3) is 0 Å². The molecule has 26 heavy (non-hydrogen) atoms. The Kier molecular flexibility index (Phi) is 4.70. The molecule has 0 N–H and O–H groups in total. The highest BCUT2D eigenvalue weighted by Crippen LogP contribution is 2.33. The minimum absolute atomic E-state index is 0.603. The Hall–Kier alpha value is -2.68. The molecule has 0 atom stereocenters. The van der Waals surface area contributed by atoms with Crippen LogP contribution in [0.25, 0.3) is 33.9 Å². The Morgan fingerprint density at radius 3 is 1.88 bits per heavy atom. The first-order chi connectivity index (χ1) is 12.7. The van der Waals surface area contributed by atoms with Gasteiger partial charge in [-0.05, 0) is 24.3 Å². The summed E-state index contributed by atoms with van der Waals surface area (Å²) < 4.78 is 0. The largest absolute Gasteiger partial charge is 0.228 e. The van der Waals surface area contributed by atoms with Crippen LogP contribution >= 0.6 is 23.2 Å². The SMILES string of the molecule is Clc1ccc(Cl)c(-c2cc(-c3ccccc3)nc(-c3ccccc3)n2)c1. The molecule has 0 spiro atoms. The summed E-state index contributed by atoms with van der Waals surface area (Å²) in [6.07, 6.45) is 0. The number of hydrogen-bond acceptors (Lipinski definition) is 2. The average Bonchev–Trinajstić information content (AvgIpc) is 2.71. The molecule has 1 heterocycles. The molecule has 4 rings (SSSR count). The van der Waals surface area contributed by atoms with E-state index in [1.54, 1.807) is 12.1 Å². The van der Waals surface area contributed by atoms with E-state index in [0.717, 1.165) is 28.1 Å². The van der Waals surface area contributed by atoms with Crippen LogP contribution in [0.3, 0.4) is 0 Å². The van der Waals surface area contributed by atoms with Gasteiger partial charge >= 0.3 is 0 Å². The fourth-order valence-electron chi connectivity index (χ4n) is 2.75. The summed E-state index contributed by atoms with van der Waals surface area (Å²) in [6, 6.07) is 27.3. The summed E-state index contributed by atoms with van der Waals surface area (Å²) in [5.74, 6) is 0.651. The molecule has 126 valence electrons. The zero-order valence-electron chi connectivity index (χ0n) is 13.7. The van der Waals surface area contributed by atoms with Crippen molar-refractivity contribution >= 4 is 23.2 Å². The topological polar surface area (TPSA) is 25.8 Å². The lowest BCUT2D eigenvalue weighted by molar-refractivity contribution is 1.18. The molecule has 0 bridgehead atoms. The molecule has 3 aromatic carbocycles. The quantitative estimate of drug-likeness (QED) is 0.393. The fourth-order valence-corrected chi connectivity index (χ4v) is 3.14. The second-order valence-electron chi connectivity index (χ2n) is 5.82. The van der Waals surface area contributed by atoms with Gasteiger partial charge in [0.1, 0.15) is 0 Å². The smallest absolute Gasteiger partial charge is 0.160 e. The van der Waals surface area contributed by atoms with Crippen LogP contribution in [0.15, 0.2) is 84.9 Å². The fraction of sp³-hybridized carbons (Fsp3) is 0. The van der Waals surface area contributed by atoms with Gasteiger partial charge < -0.3 is 0 Å². The third-order valence-corrected chi connectivity index (χ3v) is 4.60. The number of nitrogens with zero attached hydrogens (tertiary/aromatic N) is 2. The highest BCUT2D eigenvalue weighted by molar-refractivity contribution is 6.35. The van der Waals surface area contributed by atoms with Crippen molar-refractivity contribution in [3.05, 3.63) is 95.0 Å². The zero-order chi connectivity index (χ0) is 17.9. The van der Waals surface area contributed by atoms with Crippen LogP contribution in [0.1, 0.15) is 0 Å². The molecule has 0 saturated carbocycles. The number of rotatable bonds is 3. The summed E-state index contributed by atoms with van der Waals surface area (Å²) in [6.45, 7) is 0. The van der Waals surface area contributed by atoms with Crippen LogP contribution in [0.2, 0.25) is 10.0 Å². The monoisotopic (exact) mass is 376 g/mol. The summed E-state index contributed by atoms with van der Waals surface area (Å²) in [5, 5.41) is 1.22. The van der Waals surface area contributed by atoms with Crippen molar-refractivity contribution in [1.29, 1.82) is 0 Å². The van der Waals surface area contributed by atoms with E-state index in [-0.39, 0.29) is 0 Å². The number of hydrogen-bond donors (Lipinski definition) is 0. The molecular formula is C22H14Cl2N2. The molecule has 0 unspecified atom stereocenters. The van der Waals surface area contributed by atoms with Gasteiger partial charge in [-0.3, -0.25) is 0 Å². The van der Waals surface area contributed by atoms with Crippen LogP contribution < -0.4 is 0 Å². The maximum absolute atomic E-state index is 6.41. The van der Waals surface area contributed by atoms with Crippen molar-refractivity contribution in [2.75, 3.05) is 0 Å². The summed E-state index contributed by atoms with van der Waals surface area (Å²) in [7, 11) is 0. The molecule has 0 radical (unpaired) electrons. The van der Waals surface area contributed by atoms with Crippen molar-refractivity contribution in [2.24, 2.45) is 0 Å². The van der Waals surface area contributed by atoms with Gasteiger partial charge in [0, 0.05) is 21.7 Å². The third kappa shape index (κ3) is 3.48. The highest BCUT2D eigenvalue weighted by atomic mass is 35.5. The van der Waals surface area contributed by atoms with Crippen LogP contribution in [-0.4, -0.2) is 9.97 Å². The standard InChI is InChI=1S/C22H14Cl2N2/c23-17-11-12-19(24)18(13-17)21-14-20(15-7-3-1-4-8-15)25-22(26-21)16-9-5-2-6-10-16/h1-14H. The van der Waals surface area contributed by atoms with Gasteiger partial charge in [-0.2, -0.15) is 0 Å². The Morgan fingerprint density at radius 1 is 0.577 bits per heavy atom. The first kappa shape index (κ1) is 16.8. The molecule has 0 saturated heterocycles. The normalized spacial score (nSPS) is 10.7. The maximum atomic E-state index is 6.41. The first-order valence-electron chi connectivity index (χ1n) is 8.16. The van der Waals surface area contributed by atoms with E-state index in [9.17, 15) is 0 Å². The van der Waals surface area contributed by atoms with E-state index >= 15 is 0 Å². The van der Waals surface area contributed by atoms with Gasteiger partial charge in [0.2, 0.25) is 0 Å². The number of aromatic nitrogens is 2. The summed E-state index contributed by atoms with van der Waals surface area (Å²) >= 11 is 12.6. The molecule has 0 aliphatic carbocycles. The predicted molar refractivity (Wildman–Crippen MR) is 108 cm³/mol. The van der Waals surface area contributed by atoms with Crippen LogP contribution in [-0.2, 0) is 0 Å². The van der Waals surface area contributed by atoms with Crippen molar-refractivity contribution in [1.82, 2.24) is 9.97 Å². The molecular weight excluding hydrogens is 363 g/mol. The van der Waals surface area contributed by atoms with Crippen molar-refractivity contribution in [3.63, 3.8) is 0 Å². The van der Waals surface area contributed by atoms with Gasteiger partial charge in [-0.15, -0.1) is 0 Å². The number of benzene rings is 3. The lowest BCUT2D eigenvalue weighted by atomic mass is 10.1. The third-order valence-electron chi connectivity index (χ3n) is 4.03. The molecule has 0 fully saturated rings. The van der Waals surface area contributed by atoms with Gasteiger partial charge in [0.05, 0.1) is 16.4 Å². The lowest BCUT2D eigenvalue weighted by Crippen LogP contribution is -1.96. The molecule has 4 aromatic rings. The Labute approximate surface area is 162 Å². The van der Waals surface area contributed by atoms with Gasteiger partial charge in [-0.25, -0.2) is 9.97 Å².